The molecule has 108 valence electrons. The lowest BCUT2D eigenvalue weighted by Crippen LogP contribution is -2.53. The van der Waals surface area contributed by atoms with Gasteiger partial charge in [0.2, 0.25) is 5.91 Å². The average molecular weight is 284 g/mol. The Labute approximate surface area is 120 Å². The van der Waals surface area contributed by atoms with Crippen LogP contribution in [0.5, 0.6) is 0 Å². The molecule has 2 aliphatic carbocycles. The summed E-state index contributed by atoms with van der Waals surface area (Å²) in [6.07, 6.45) is 7.11. The molecule has 1 amide bonds. The van der Waals surface area contributed by atoms with Crippen LogP contribution in [0, 0.1) is 5.41 Å². The van der Waals surface area contributed by atoms with Gasteiger partial charge in [-0.1, -0.05) is 31.5 Å². The van der Waals surface area contributed by atoms with E-state index in [4.69, 9.17) is 22.7 Å². The zero-order valence-electron chi connectivity index (χ0n) is 11.7. The molecule has 4 nitrogen and oxygen atoms in total. The van der Waals surface area contributed by atoms with Crippen molar-refractivity contribution in [2.75, 3.05) is 20.3 Å². The van der Waals surface area contributed by atoms with Gasteiger partial charge in [0.05, 0.1) is 17.0 Å². The van der Waals surface area contributed by atoms with Crippen molar-refractivity contribution in [2.24, 2.45) is 11.1 Å². The number of nitrogens with zero attached hydrogens (tertiary/aromatic N) is 1. The van der Waals surface area contributed by atoms with E-state index in [2.05, 4.69) is 0 Å². The maximum Gasteiger partial charge on any atom is 0.235 e. The molecule has 0 unspecified atom stereocenters. The summed E-state index contributed by atoms with van der Waals surface area (Å²) in [5, 5.41) is 0. The van der Waals surface area contributed by atoms with Crippen LogP contribution in [-0.4, -0.2) is 42.1 Å². The fourth-order valence-corrected chi connectivity index (χ4v) is 3.31. The molecule has 19 heavy (non-hydrogen) atoms. The topological polar surface area (TPSA) is 55.6 Å². The third-order valence-electron chi connectivity index (χ3n) is 4.37. The van der Waals surface area contributed by atoms with Gasteiger partial charge in [-0.05, 0) is 25.7 Å². The Morgan fingerprint density at radius 1 is 1.37 bits per heavy atom. The van der Waals surface area contributed by atoms with Crippen molar-refractivity contribution in [3.63, 3.8) is 0 Å². The van der Waals surface area contributed by atoms with E-state index in [0.29, 0.717) is 24.2 Å². The van der Waals surface area contributed by atoms with Crippen LogP contribution >= 0.6 is 12.2 Å². The monoisotopic (exact) mass is 284 g/mol. The van der Waals surface area contributed by atoms with E-state index >= 15 is 0 Å². The molecule has 0 spiro atoms. The Balaban J connectivity index is 2.14. The molecule has 0 aromatic carbocycles. The van der Waals surface area contributed by atoms with Gasteiger partial charge >= 0.3 is 0 Å². The van der Waals surface area contributed by atoms with Crippen LogP contribution < -0.4 is 5.73 Å². The number of carbonyl (C=O) groups excluding carboxylic acids is 1. The van der Waals surface area contributed by atoms with Crippen molar-refractivity contribution >= 4 is 23.1 Å². The second kappa shape index (κ2) is 6.18. The maximum atomic E-state index is 13.0. The van der Waals surface area contributed by atoms with E-state index in [1.807, 2.05) is 4.90 Å². The average Bonchev–Trinajstić information content (AvgIpc) is 3.24. The Morgan fingerprint density at radius 3 is 2.47 bits per heavy atom. The van der Waals surface area contributed by atoms with Crippen molar-refractivity contribution in [3.05, 3.63) is 0 Å². The van der Waals surface area contributed by atoms with Crippen LogP contribution in [0.25, 0.3) is 0 Å². The fourth-order valence-electron chi connectivity index (χ4n) is 3.02. The van der Waals surface area contributed by atoms with Crippen molar-refractivity contribution in [1.82, 2.24) is 4.90 Å². The standard InChI is InChI=1S/C14H24N2O2S/c1-18-10-9-16(11-5-6-11)13(17)14(12(15)19)7-3-2-4-8-14/h11H,2-10H2,1H3,(H2,15,19). The molecule has 0 aliphatic heterocycles. The summed E-state index contributed by atoms with van der Waals surface area (Å²) in [6.45, 7) is 1.24. The molecule has 5 heteroatoms. The van der Waals surface area contributed by atoms with Gasteiger partial charge in [-0.15, -0.1) is 0 Å². The summed E-state index contributed by atoms with van der Waals surface area (Å²) in [7, 11) is 1.67. The molecule has 0 atom stereocenters. The highest BCUT2D eigenvalue weighted by Crippen LogP contribution is 2.41. The quantitative estimate of drug-likeness (QED) is 0.756. The Kier molecular flexibility index (Phi) is 4.79. The van der Waals surface area contributed by atoms with E-state index in [0.717, 1.165) is 38.5 Å². The third kappa shape index (κ3) is 3.08. The summed E-state index contributed by atoms with van der Waals surface area (Å²) in [4.78, 5) is 15.3. The first-order chi connectivity index (χ1) is 9.12. The zero-order valence-corrected chi connectivity index (χ0v) is 12.5. The first-order valence-electron chi connectivity index (χ1n) is 7.22. The fraction of sp³-hybridized carbons (Fsp3) is 0.857. The molecule has 2 fully saturated rings. The van der Waals surface area contributed by atoms with Crippen molar-refractivity contribution in [2.45, 2.75) is 51.0 Å². The Hall–Kier alpha value is -0.680. The summed E-state index contributed by atoms with van der Waals surface area (Å²) in [5.41, 5.74) is 5.36. The highest BCUT2D eigenvalue weighted by molar-refractivity contribution is 7.80. The van der Waals surface area contributed by atoms with Gasteiger partial charge < -0.3 is 15.4 Å². The minimum atomic E-state index is -0.579. The van der Waals surface area contributed by atoms with Crippen LogP contribution in [-0.2, 0) is 9.53 Å². The largest absolute Gasteiger partial charge is 0.392 e. The number of methoxy groups -OCH3 is 1. The molecule has 2 aliphatic rings. The molecule has 0 saturated heterocycles. The number of ether oxygens (including phenoxy) is 1. The minimum Gasteiger partial charge on any atom is -0.392 e. The van der Waals surface area contributed by atoms with E-state index in [1.165, 1.54) is 6.42 Å². The van der Waals surface area contributed by atoms with Gasteiger partial charge in [0.25, 0.3) is 0 Å². The third-order valence-corrected chi connectivity index (χ3v) is 4.76. The molecule has 2 rings (SSSR count). The SMILES string of the molecule is COCCN(C(=O)C1(C(N)=S)CCCCC1)C1CC1. The van der Waals surface area contributed by atoms with E-state index in [9.17, 15) is 4.79 Å². The smallest absolute Gasteiger partial charge is 0.235 e. The van der Waals surface area contributed by atoms with E-state index in [-0.39, 0.29) is 5.91 Å². The predicted octanol–water partition coefficient (Wildman–Crippen LogP) is 1.86. The summed E-state index contributed by atoms with van der Waals surface area (Å²) in [5.74, 6) is 0.152. The molecule has 0 radical (unpaired) electrons. The lowest BCUT2D eigenvalue weighted by atomic mass is 9.72. The lowest BCUT2D eigenvalue weighted by molar-refractivity contribution is -0.141. The second-order valence-electron chi connectivity index (χ2n) is 5.73. The first kappa shape index (κ1) is 14.7. The van der Waals surface area contributed by atoms with Gasteiger partial charge in [0.15, 0.2) is 0 Å². The molecular formula is C14H24N2O2S. The van der Waals surface area contributed by atoms with Gasteiger partial charge in [0, 0.05) is 19.7 Å². The van der Waals surface area contributed by atoms with Crippen LogP contribution in [0.3, 0.4) is 0 Å². The second-order valence-corrected chi connectivity index (χ2v) is 6.17. The summed E-state index contributed by atoms with van der Waals surface area (Å²) >= 11 is 5.24. The van der Waals surface area contributed by atoms with Crippen LogP contribution in [0.1, 0.15) is 44.9 Å². The van der Waals surface area contributed by atoms with Crippen molar-refractivity contribution in [3.8, 4) is 0 Å². The van der Waals surface area contributed by atoms with E-state index < -0.39 is 5.41 Å². The van der Waals surface area contributed by atoms with Crippen LogP contribution in [0.4, 0.5) is 0 Å². The van der Waals surface area contributed by atoms with Gasteiger partial charge in [0.1, 0.15) is 0 Å². The normalized spacial score (nSPS) is 21.9. The zero-order chi connectivity index (χ0) is 13.9. The molecular weight excluding hydrogens is 260 g/mol. The highest BCUT2D eigenvalue weighted by Gasteiger charge is 2.47. The molecule has 2 saturated carbocycles. The van der Waals surface area contributed by atoms with Gasteiger partial charge in [-0.25, -0.2) is 0 Å². The number of hydrogen-bond acceptors (Lipinski definition) is 3. The number of hydrogen-bond donors (Lipinski definition) is 1. The molecule has 0 aromatic heterocycles. The molecule has 0 aromatic rings. The number of carbonyl (C=O) groups is 1. The van der Waals surface area contributed by atoms with Crippen molar-refractivity contribution < 1.29 is 9.53 Å². The minimum absolute atomic E-state index is 0.152. The van der Waals surface area contributed by atoms with Crippen LogP contribution in [0.15, 0.2) is 0 Å². The number of rotatable bonds is 6. The number of thiocarbonyl (C=S) groups is 1. The Bertz CT molecular complexity index is 349. The van der Waals surface area contributed by atoms with Gasteiger partial charge in [-0.2, -0.15) is 0 Å². The maximum absolute atomic E-state index is 13.0. The molecule has 0 heterocycles. The van der Waals surface area contributed by atoms with Crippen molar-refractivity contribution in [1.29, 1.82) is 0 Å². The van der Waals surface area contributed by atoms with Crippen LogP contribution in [0.2, 0.25) is 0 Å². The van der Waals surface area contributed by atoms with E-state index in [1.54, 1.807) is 7.11 Å². The Morgan fingerprint density at radius 2 is 2.00 bits per heavy atom. The predicted molar refractivity (Wildman–Crippen MR) is 78.9 cm³/mol. The van der Waals surface area contributed by atoms with Gasteiger partial charge in [-0.3, -0.25) is 4.79 Å². The number of nitrogens with two attached hydrogens (primary N) is 1. The number of amides is 1. The molecule has 0 bridgehead atoms. The highest BCUT2D eigenvalue weighted by atomic mass is 32.1. The summed E-state index contributed by atoms with van der Waals surface area (Å²) < 4.78 is 5.12. The molecule has 2 N–H and O–H groups in total. The lowest BCUT2D eigenvalue weighted by Gasteiger charge is -2.39. The summed E-state index contributed by atoms with van der Waals surface area (Å²) in [6, 6.07) is 0.385. The first-order valence-corrected chi connectivity index (χ1v) is 7.62.